The van der Waals surface area contributed by atoms with E-state index in [4.69, 9.17) is 14.5 Å². The molecule has 0 bridgehead atoms. The van der Waals surface area contributed by atoms with E-state index in [2.05, 4.69) is 30.9 Å². The van der Waals surface area contributed by atoms with Gasteiger partial charge >= 0.3 is 0 Å². The molecule has 0 N–H and O–H groups in total. The molecule has 0 atom stereocenters. The van der Waals surface area contributed by atoms with E-state index in [1.807, 2.05) is 32.3 Å². The highest BCUT2D eigenvalue weighted by molar-refractivity contribution is 7.22. The minimum atomic E-state index is -0.118. The topological polar surface area (TPSA) is 54.9 Å². The quantitative estimate of drug-likeness (QED) is 0.460. The van der Waals surface area contributed by atoms with Gasteiger partial charge in [0.15, 0.2) is 23.2 Å². The Morgan fingerprint density at radius 1 is 1.06 bits per heavy atom. The molecule has 2 aromatic carbocycles. The predicted molar refractivity (Wildman–Crippen MR) is 130 cm³/mol. The lowest BCUT2D eigenvalue weighted by Gasteiger charge is -2.21. The van der Waals surface area contributed by atoms with Crippen molar-refractivity contribution >= 4 is 45.0 Å². The van der Waals surface area contributed by atoms with E-state index < -0.39 is 0 Å². The summed E-state index contributed by atoms with van der Waals surface area (Å²) >= 11 is 1.54. The van der Waals surface area contributed by atoms with Crippen LogP contribution in [0.3, 0.4) is 0 Å². The first-order valence-corrected chi connectivity index (χ1v) is 10.8. The first-order valence-electron chi connectivity index (χ1n) is 9.98. The zero-order valence-electron chi connectivity index (χ0n) is 18.7. The van der Waals surface area contributed by atoms with Crippen molar-refractivity contribution in [2.24, 2.45) is 0 Å². The normalized spacial score (nSPS) is 10.8. The molecule has 0 aliphatic carbocycles. The van der Waals surface area contributed by atoms with Crippen LogP contribution in [-0.2, 0) is 4.79 Å². The number of carbonyl (C=O) groups excluding carboxylic acids is 1. The van der Waals surface area contributed by atoms with Crippen LogP contribution in [0.2, 0.25) is 0 Å². The Kier molecular flexibility index (Phi) is 9.10. The summed E-state index contributed by atoms with van der Waals surface area (Å²) in [4.78, 5) is 21.8. The second-order valence-electron chi connectivity index (χ2n) is 7.49. The van der Waals surface area contributed by atoms with Crippen molar-refractivity contribution in [2.75, 3.05) is 45.8 Å². The molecular weight excluding hydrogens is 434 g/mol. The van der Waals surface area contributed by atoms with Gasteiger partial charge in [-0.05, 0) is 70.2 Å². The molecule has 0 aliphatic heterocycles. The van der Waals surface area contributed by atoms with Gasteiger partial charge in [0.25, 0.3) is 5.91 Å². The fourth-order valence-corrected chi connectivity index (χ4v) is 4.23. The van der Waals surface area contributed by atoms with Crippen LogP contribution in [0.25, 0.3) is 10.2 Å². The van der Waals surface area contributed by atoms with Crippen molar-refractivity contribution in [3.8, 4) is 11.5 Å². The number of anilines is 1. The standard InChI is InChI=1S/C23H29N3O3S.ClH/c1-16-11-12-20-22(17(16)2)24-23(30-20)26(14-8-13-25(3)4)21(27)15-29-19-10-7-6-9-18(19)28-5;/h6-7,9-12H,8,13-15H2,1-5H3;1H. The lowest BCUT2D eigenvalue weighted by molar-refractivity contribution is -0.120. The number of hydrogen-bond acceptors (Lipinski definition) is 6. The van der Waals surface area contributed by atoms with Crippen molar-refractivity contribution in [1.29, 1.82) is 0 Å². The maximum Gasteiger partial charge on any atom is 0.266 e. The number of benzene rings is 2. The summed E-state index contributed by atoms with van der Waals surface area (Å²) in [6, 6.07) is 11.5. The van der Waals surface area contributed by atoms with Crippen LogP contribution < -0.4 is 14.4 Å². The second-order valence-corrected chi connectivity index (χ2v) is 8.50. The molecule has 0 fully saturated rings. The van der Waals surface area contributed by atoms with Crippen LogP contribution in [0.1, 0.15) is 17.5 Å². The van der Waals surface area contributed by atoms with E-state index >= 15 is 0 Å². The largest absolute Gasteiger partial charge is 0.493 e. The Hall–Kier alpha value is -2.35. The number of aryl methyl sites for hydroxylation is 2. The van der Waals surface area contributed by atoms with Crippen LogP contribution >= 0.6 is 23.7 Å². The van der Waals surface area contributed by atoms with Gasteiger partial charge in [-0.2, -0.15) is 0 Å². The number of carbonyl (C=O) groups is 1. The maximum atomic E-state index is 13.1. The highest BCUT2D eigenvalue weighted by Gasteiger charge is 2.21. The summed E-state index contributed by atoms with van der Waals surface area (Å²) in [5.41, 5.74) is 3.32. The van der Waals surface area contributed by atoms with Crippen molar-refractivity contribution in [3.63, 3.8) is 0 Å². The summed E-state index contributed by atoms with van der Waals surface area (Å²) in [7, 11) is 5.64. The SMILES string of the molecule is COc1ccccc1OCC(=O)N(CCCN(C)C)c1nc2c(C)c(C)ccc2s1.Cl. The lowest BCUT2D eigenvalue weighted by Crippen LogP contribution is -2.36. The fourth-order valence-electron chi connectivity index (χ4n) is 3.16. The fraction of sp³-hybridized carbons (Fsp3) is 0.391. The molecule has 8 heteroatoms. The van der Waals surface area contributed by atoms with Crippen LogP contribution in [0, 0.1) is 13.8 Å². The molecule has 0 radical (unpaired) electrons. The highest BCUT2D eigenvalue weighted by Crippen LogP contribution is 2.32. The number of rotatable bonds is 9. The Labute approximate surface area is 194 Å². The van der Waals surface area contributed by atoms with E-state index in [0.717, 1.165) is 28.7 Å². The maximum absolute atomic E-state index is 13.1. The molecular formula is C23H30ClN3O3S. The van der Waals surface area contributed by atoms with Crippen molar-refractivity contribution in [1.82, 2.24) is 9.88 Å². The minimum Gasteiger partial charge on any atom is -0.493 e. The number of aromatic nitrogens is 1. The minimum absolute atomic E-state index is 0. The van der Waals surface area contributed by atoms with Crippen LogP contribution in [0.4, 0.5) is 5.13 Å². The molecule has 1 heterocycles. The molecule has 0 saturated heterocycles. The number of amides is 1. The molecule has 0 spiro atoms. The molecule has 168 valence electrons. The van der Waals surface area contributed by atoms with E-state index in [1.165, 1.54) is 5.56 Å². The average molecular weight is 464 g/mol. The Bertz CT molecular complexity index is 1020. The van der Waals surface area contributed by atoms with E-state index in [-0.39, 0.29) is 24.9 Å². The molecule has 0 saturated carbocycles. The van der Waals surface area contributed by atoms with Crippen molar-refractivity contribution in [2.45, 2.75) is 20.3 Å². The Balaban J connectivity index is 0.00000341. The third-order valence-corrected chi connectivity index (χ3v) is 6.06. The van der Waals surface area contributed by atoms with E-state index in [9.17, 15) is 4.79 Å². The van der Waals surface area contributed by atoms with E-state index in [0.29, 0.717) is 23.2 Å². The number of fused-ring (bicyclic) bond motifs is 1. The van der Waals surface area contributed by atoms with Crippen molar-refractivity contribution < 1.29 is 14.3 Å². The third-order valence-electron chi connectivity index (χ3n) is 5.01. The molecule has 0 unspecified atom stereocenters. The smallest absolute Gasteiger partial charge is 0.266 e. The molecule has 3 aromatic rings. The van der Waals surface area contributed by atoms with Gasteiger partial charge < -0.3 is 14.4 Å². The zero-order valence-corrected chi connectivity index (χ0v) is 20.3. The third kappa shape index (κ3) is 6.09. The van der Waals surface area contributed by atoms with Gasteiger partial charge in [-0.3, -0.25) is 9.69 Å². The first-order chi connectivity index (χ1) is 14.4. The van der Waals surface area contributed by atoms with Gasteiger partial charge in [-0.15, -0.1) is 12.4 Å². The molecule has 31 heavy (non-hydrogen) atoms. The molecule has 1 amide bonds. The molecule has 0 aliphatic rings. The predicted octanol–water partition coefficient (Wildman–Crippen LogP) is 4.71. The summed E-state index contributed by atoms with van der Waals surface area (Å²) in [6.07, 6.45) is 0.849. The van der Waals surface area contributed by atoms with Gasteiger partial charge in [-0.25, -0.2) is 4.98 Å². The Morgan fingerprint density at radius 2 is 1.77 bits per heavy atom. The van der Waals surface area contributed by atoms with Crippen molar-refractivity contribution in [3.05, 3.63) is 47.5 Å². The van der Waals surface area contributed by atoms with Crippen LogP contribution in [0.5, 0.6) is 11.5 Å². The van der Waals surface area contributed by atoms with E-state index in [1.54, 1.807) is 29.4 Å². The average Bonchev–Trinajstić information content (AvgIpc) is 3.16. The number of halogens is 1. The molecule has 6 nitrogen and oxygen atoms in total. The number of thiazole rings is 1. The number of para-hydroxylation sites is 2. The highest BCUT2D eigenvalue weighted by atomic mass is 35.5. The number of nitrogens with zero attached hydrogens (tertiary/aromatic N) is 3. The lowest BCUT2D eigenvalue weighted by atomic mass is 10.1. The number of ether oxygens (including phenoxy) is 2. The monoisotopic (exact) mass is 463 g/mol. The molecule has 1 aromatic heterocycles. The summed E-state index contributed by atoms with van der Waals surface area (Å²) in [5, 5.41) is 0.714. The van der Waals surface area contributed by atoms with Crippen LogP contribution in [0.15, 0.2) is 36.4 Å². The van der Waals surface area contributed by atoms with Gasteiger partial charge in [0.2, 0.25) is 0 Å². The summed E-state index contributed by atoms with van der Waals surface area (Å²) in [5.74, 6) is 1.04. The first kappa shape index (κ1) is 24.9. The summed E-state index contributed by atoms with van der Waals surface area (Å²) < 4.78 is 12.2. The Morgan fingerprint density at radius 3 is 2.45 bits per heavy atom. The van der Waals surface area contributed by atoms with Gasteiger partial charge in [0.05, 0.1) is 17.3 Å². The summed E-state index contributed by atoms with van der Waals surface area (Å²) in [6.45, 7) is 5.56. The second kappa shape index (κ2) is 11.3. The molecule has 3 rings (SSSR count). The van der Waals surface area contributed by atoms with Gasteiger partial charge in [-0.1, -0.05) is 29.5 Å². The number of hydrogen-bond donors (Lipinski definition) is 0. The zero-order chi connectivity index (χ0) is 21.7. The van der Waals surface area contributed by atoms with Crippen LogP contribution in [-0.4, -0.2) is 56.7 Å². The number of methoxy groups -OCH3 is 1. The van der Waals surface area contributed by atoms with Gasteiger partial charge in [0, 0.05) is 6.54 Å². The van der Waals surface area contributed by atoms with Gasteiger partial charge in [0.1, 0.15) is 0 Å².